The Balaban J connectivity index is 1.79. The molecule has 2 N–H and O–H groups in total. The molecule has 2 aromatic carbocycles. The van der Waals surface area contributed by atoms with Crippen LogP contribution in [0.3, 0.4) is 0 Å². The lowest BCUT2D eigenvalue weighted by molar-refractivity contribution is 0.148. The maximum atomic E-state index is 10.8. The molecule has 4 heteroatoms. The largest absolute Gasteiger partial charge is 0.386 e. The van der Waals surface area contributed by atoms with Gasteiger partial charge in [0.25, 0.3) is 0 Å². The lowest BCUT2D eigenvalue weighted by Gasteiger charge is -2.26. The van der Waals surface area contributed by atoms with E-state index in [0.29, 0.717) is 16.6 Å². The molecule has 1 saturated carbocycles. The molecule has 0 aromatic heterocycles. The van der Waals surface area contributed by atoms with Crippen LogP contribution in [0.2, 0.25) is 5.02 Å². The zero-order chi connectivity index (χ0) is 16.2. The van der Waals surface area contributed by atoms with Crippen LogP contribution in [0.1, 0.15) is 30.9 Å². The molecule has 0 saturated heterocycles. The molecule has 1 aliphatic rings. The molecule has 23 heavy (non-hydrogen) atoms. The predicted octanol–water partition coefficient (Wildman–Crippen LogP) is 5.20. The van der Waals surface area contributed by atoms with Crippen molar-refractivity contribution in [1.29, 1.82) is 0 Å². The average Bonchev–Trinajstić information content (AvgIpc) is 3.39. The van der Waals surface area contributed by atoms with Crippen molar-refractivity contribution in [3.63, 3.8) is 0 Å². The Kier molecular flexibility index (Phi) is 4.85. The number of hydrogen-bond donors (Lipinski definition) is 2. The van der Waals surface area contributed by atoms with E-state index in [1.54, 1.807) is 12.1 Å². The molecule has 2 aromatic rings. The molecule has 3 rings (SSSR count). The fraction of sp³-hybridized carbons (Fsp3) is 0.316. The zero-order valence-electron chi connectivity index (χ0n) is 12.7. The number of nitrogens with zero attached hydrogens (tertiary/aromatic N) is 1. The van der Waals surface area contributed by atoms with Crippen molar-refractivity contribution >= 4 is 23.0 Å². The Morgan fingerprint density at radius 1 is 1.22 bits per heavy atom. The summed E-state index contributed by atoms with van der Waals surface area (Å²) in [7, 11) is 0. The van der Waals surface area contributed by atoms with Gasteiger partial charge >= 0.3 is 0 Å². The number of anilines is 1. The minimum Gasteiger partial charge on any atom is -0.386 e. The first-order chi connectivity index (χ1) is 11.2. The maximum absolute atomic E-state index is 10.8. The fourth-order valence-electron chi connectivity index (χ4n) is 2.75. The molecular weight excluding hydrogens is 308 g/mol. The molecule has 0 spiro atoms. The van der Waals surface area contributed by atoms with Crippen molar-refractivity contribution in [2.24, 2.45) is 5.92 Å². The van der Waals surface area contributed by atoms with Crippen molar-refractivity contribution in [1.82, 2.24) is 0 Å². The molecule has 0 bridgehead atoms. The summed E-state index contributed by atoms with van der Waals surface area (Å²) < 4.78 is 0. The van der Waals surface area contributed by atoms with Crippen LogP contribution in [-0.4, -0.2) is 11.1 Å². The van der Waals surface area contributed by atoms with E-state index in [9.17, 15) is 5.11 Å². The normalized spacial score (nSPS) is 16.4. The molecule has 118 valence electrons. The molecular formula is C19H19ClN2O. The summed E-state index contributed by atoms with van der Waals surface area (Å²) in [6, 6.07) is 14.7. The third kappa shape index (κ3) is 4.25. The first-order valence-corrected chi connectivity index (χ1v) is 8.21. The highest BCUT2D eigenvalue weighted by atomic mass is 35.5. The lowest BCUT2D eigenvalue weighted by atomic mass is 9.97. The Hall–Kier alpha value is -2.02. The van der Waals surface area contributed by atoms with E-state index in [1.807, 2.05) is 36.4 Å². The smallest absolute Gasteiger partial charge is 0.187 e. The van der Waals surface area contributed by atoms with Crippen LogP contribution in [0, 0.1) is 12.5 Å². The highest BCUT2D eigenvalue weighted by Gasteiger charge is 2.30. The number of nitrogens with one attached hydrogen (secondary N) is 1. The van der Waals surface area contributed by atoms with Gasteiger partial charge in [-0.3, -0.25) is 0 Å². The van der Waals surface area contributed by atoms with Crippen LogP contribution in [0.5, 0.6) is 0 Å². The topological polar surface area (TPSA) is 36.6 Å². The Bertz CT molecular complexity index is 704. The summed E-state index contributed by atoms with van der Waals surface area (Å²) in [6.45, 7) is 7.13. The van der Waals surface area contributed by atoms with Crippen molar-refractivity contribution in [2.45, 2.75) is 31.4 Å². The van der Waals surface area contributed by atoms with Gasteiger partial charge < -0.3 is 10.4 Å². The number of aliphatic hydroxyl groups excluding tert-OH is 1. The first-order valence-electron chi connectivity index (χ1n) is 7.83. The molecule has 2 unspecified atom stereocenters. The monoisotopic (exact) mass is 326 g/mol. The summed E-state index contributed by atoms with van der Waals surface area (Å²) in [5.41, 5.74) is 2.28. The second-order valence-electron chi connectivity index (χ2n) is 6.09. The summed E-state index contributed by atoms with van der Waals surface area (Å²) in [5, 5.41) is 14.9. The predicted molar refractivity (Wildman–Crippen MR) is 93.9 cm³/mol. The Morgan fingerprint density at radius 3 is 2.61 bits per heavy atom. The molecule has 0 radical (unpaired) electrons. The van der Waals surface area contributed by atoms with Crippen molar-refractivity contribution in [3.8, 4) is 0 Å². The molecule has 0 amide bonds. The van der Waals surface area contributed by atoms with E-state index in [2.05, 4.69) is 10.2 Å². The highest BCUT2D eigenvalue weighted by molar-refractivity contribution is 6.30. The van der Waals surface area contributed by atoms with E-state index >= 15 is 0 Å². The summed E-state index contributed by atoms with van der Waals surface area (Å²) in [5.74, 6) is 0.679. The summed E-state index contributed by atoms with van der Waals surface area (Å²) in [6.07, 6.45) is 2.74. The molecule has 3 nitrogen and oxygen atoms in total. The Labute approximate surface area is 141 Å². The Morgan fingerprint density at radius 2 is 1.96 bits per heavy atom. The van der Waals surface area contributed by atoms with Gasteiger partial charge in [-0.2, -0.15) is 0 Å². The number of hydrogen-bond acceptors (Lipinski definition) is 2. The first kappa shape index (κ1) is 15.9. The second kappa shape index (κ2) is 7.04. The van der Waals surface area contributed by atoms with E-state index < -0.39 is 6.10 Å². The summed E-state index contributed by atoms with van der Waals surface area (Å²) >= 11 is 5.93. The van der Waals surface area contributed by atoms with Crippen molar-refractivity contribution in [2.75, 3.05) is 5.32 Å². The fourth-order valence-corrected chi connectivity index (χ4v) is 2.88. The SMILES string of the molecule is [C-]#[N+]c1cccc(C(O)C(CC2CC2)Nc2ccc(Cl)cc2)c1. The third-order valence-electron chi connectivity index (χ3n) is 4.20. The van der Waals surface area contributed by atoms with Gasteiger partial charge in [0.05, 0.1) is 18.7 Å². The quantitative estimate of drug-likeness (QED) is 0.715. The van der Waals surface area contributed by atoms with Crippen LogP contribution in [0.25, 0.3) is 4.85 Å². The molecule has 1 aliphatic carbocycles. The standard InChI is InChI=1S/C19H19ClN2O/c1-21-17-4-2-3-14(12-17)19(23)18(11-13-5-6-13)22-16-9-7-15(20)8-10-16/h2-4,7-10,12-13,18-19,22-23H,5-6,11H2. The van der Waals surface area contributed by atoms with Crippen LogP contribution >= 0.6 is 11.6 Å². The van der Waals surface area contributed by atoms with E-state index in [4.69, 9.17) is 18.2 Å². The van der Waals surface area contributed by atoms with Gasteiger partial charge in [0.15, 0.2) is 5.69 Å². The van der Waals surface area contributed by atoms with Crippen LogP contribution < -0.4 is 5.32 Å². The number of benzene rings is 2. The van der Waals surface area contributed by atoms with Crippen LogP contribution in [0.4, 0.5) is 11.4 Å². The van der Waals surface area contributed by atoms with Gasteiger partial charge in [-0.1, -0.05) is 48.7 Å². The maximum Gasteiger partial charge on any atom is 0.187 e. The average molecular weight is 327 g/mol. The zero-order valence-corrected chi connectivity index (χ0v) is 13.5. The summed E-state index contributed by atoms with van der Waals surface area (Å²) in [4.78, 5) is 3.44. The molecule has 2 atom stereocenters. The number of halogens is 1. The van der Waals surface area contributed by atoms with Gasteiger partial charge in [0.1, 0.15) is 0 Å². The second-order valence-corrected chi connectivity index (χ2v) is 6.52. The number of aliphatic hydroxyl groups is 1. The lowest BCUT2D eigenvalue weighted by Crippen LogP contribution is -2.28. The van der Waals surface area contributed by atoms with Crippen LogP contribution in [-0.2, 0) is 0 Å². The van der Waals surface area contributed by atoms with E-state index in [1.165, 1.54) is 12.8 Å². The minimum absolute atomic E-state index is 0.0790. The van der Waals surface area contributed by atoms with Crippen LogP contribution in [0.15, 0.2) is 48.5 Å². The van der Waals surface area contributed by atoms with Gasteiger partial charge in [-0.25, -0.2) is 4.85 Å². The molecule has 0 aliphatic heterocycles. The minimum atomic E-state index is -0.645. The molecule has 0 heterocycles. The highest BCUT2D eigenvalue weighted by Crippen LogP contribution is 2.37. The van der Waals surface area contributed by atoms with E-state index in [0.717, 1.165) is 17.7 Å². The van der Waals surface area contributed by atoms with E-state index in [-0.39, 0.29) is 6.04 Å². The van der Waals surface area contributed by atoms with Gasteiger partial charge in [0.2, 0.25) is 0 Å². The van der Waals surface area contributed by atoms with Gasteiger partial charge in [0, 0.05) is 10.7 Å². The molecule has 1 fully saturated rings. The van der Waals surface area contributed by atoms with Gasteiger partial charge in [-0.15, -0.1) is 0 Å². The van der Waals surface area contributed by atoms with Crippen molar-refractivity contribution in [3.05, 3.63) is 70.5 Å². The third-order valence-corrected chi connectivity index (χ3v) is 4.45. The van der Waals surface area contributed by atoms with Gasteiger partial charge in [-0.05, 0) is 42.2 Å². The van der Waals surface area contributed by atoms with Crippen molar-refractivity contribution < 1.29 is 5.11 Å². The number of rotatable bonds is 6.